The third-order valence-corrected chi connectivity index (χ3v) is 12.4. The van der Waals surface area contributed by atoms with Crippen molar-refractivity contribution in [3.63, 3.8) is 0 Å². The van der Waals surface area contributed by atoms with Gasteiger partial charge in [0.25, 0.3) is 0 Å². The Hall–Kier alpha value is -3.34. The van der Waals surface area contributed by atoms with Crippen LogP contribution in [0.3, 0.4) is 0 Å². The van der Waals surface area contributed by atoms with E-state index in [1.165, 1.54) is 115 Å². The molecule has 0 spiro atoms. The number of hydrogen-bond acceptors (Lipinski definition) is 9. The second kappa shape index (κ2) is 28.2. The molecule has 12 heteroatoms. The van der Waals surface area contributed by atoms with Crippen molar-refractivity contribution in [1.29, 1.82) is 0 Å². The van der Waals surface area contributed by atoms with Crippen molar-refractivity contribution >= 4 is 24.5 Å². The number of para-hydroxylation sites is 1. The van der Waals surface area contributed by atoms with Gasteiger partial charge in [-0.3, -0.25) is 4.57 Å². The van der Waals surface area contributed by atoms with Gasteiger partial charge in [0.1, 0.15) is 23.9 Å². The number of anilines is 1. The molecule has 0 bridgehead atoms. The van der Waals surface area contributed by atoms with E-state index in [2.05, 4.69) is 27.0 Å². The zero-order chi connectivity index (χ0) is 41.1. The molecule has 2 aromatic carbocycles. The number of nitrogens with one attached hydrogen (secondary N) is 1. The Balaban J connectivity index is 1.16. The molecule has 3 unspecified atom stereocenters. The summed E-state index contributed by atoms with van der Waals surface area (Å²) in [6.07, 6.45) is 28.1. The highest BCUT2D eigenvalue weighted by atomic mass is 31.2. The maximum absolute atomic E-state index is 14.6. The zero-order valence-corrected chi connectivity index (χ0v) is 36.4. The highest BCUT2D eigenvalue weighted by Crippen LogP contribution is 2.44. The van der Waals surface area contributed by atoms with Crippen LogP contribution in [-0.2, 0) is 27.0 Å². The van der Waals surface area contributed by atoms with Crippen LogP contribution in [0.15, 0.2) is 73.3 Å². The lowest BCUT2D eigenvalue weighted by Gasteiger charge is -2.30. The molecular weight excluding hydrogens is 748 g/mol. The number of unbranched alkanes of at least 4 members (excludes halogenated alkanes) is 19. The molecule has 0 saturated heterocycles. The van der Waals surface area contributed by atoms with Crippen molar-refractivity contribution < 1.29 is 23.7 Å². The minimum atomic E-state index is -3.75. The molecule has 0 aliphatic carbocycles. The number of aliphatic hydroxyl groups excluding tert-OH is 1. The Bertz CT molecular complexity index is 1680. The Morgan fingerprint density at radius 1 is 0.724 bits per heavy atom. The fourth-order valence-corrected chi connectivity index (χ4v) is 9.15. The maximum atomic E-state index is 14.6. The van der Waals surface area contributed by atoms with Crippen molar-refractivity contribution in [2.75, 3.05) is 18.7 Å². The molecule has 2 aromatic heterocycles. The van der Waals surface area contributed by atoms with Gasteiger partial charge in [-0.05, 0) is 37.5 Å². The number of aromatic nitrogens is 4. The molecule has 0 saturated carbocycles. The van der Waals surface area contributed by atoms with E-state index in [9.17, 15) is 9.67 Å². The fraction of sp³-hybridized carbons (Fsp3) is 0.630. The summed E-state index contributed by atoms with van der Waals surface area (Å²) in [7, 11) is -3.75. The molecule has 4 atom stereocenters. The Morgan fingerprint density at radius 3 is 1.83 bits per heavy atom. The van der Waals surface area contributed by atoms with Crippen LogP contribution in [0.1, 0.15) is 148 Å². The Labute approximate surface area is 348 Å². The number of benzene rings is 2. The third kappa shape index (κ3) is 18.7. The highest BCUT2D eigenvalue weighted by molar-refractivity contribution is 7.57. The predicted molar refractivity (Wildman–Crippen MR) is 237 cm³/mol. The largest absolute Gasteiger partial charge is 0.431 e. The van der Waals surface area contributed by atoms with Crippen molar-refractivity contribution in [3.8, 4) is 5.75 Å². The average molecular weight is 821 g/mol. The first-order valence-corrected chi connectivity index (χ1v) is 24.2. The van der Waals surface area contributed by atoms with E-state index in [0.717, 1.165) is 24.8 Å². The molecule has 11 nitrogen and oxygen atoms in total. The van der Waals surface area contributed by atoms with Crippen LogP contribution in [-0.4, -0.2) is 56.0 Å². The molecule has 0 aliphatic rings. The number of ether oxygens (including phenoxy) is 2. The van der Waals surface area contributed by atoms with Crippen LogP contribution in [0.2, 0.25) is 0 Å². The van der Waals surface area contributed by atoms with Crippen LogP contribution < -0.4 is 15.3 Å². The number of nitrogens with two attached hydrogens (primary N) is 1. The van der Waals surface area contributed by atoms with Gasteiger partial charge in [0.2, 0.25) is 0 Å². The van der Waals surface area contributed by atoms with E-state index in [-0.39, 0.29) is 6.35 Å². The molecular formula is C46H73N6O5P. The van der Waals surface area contributed by atoms with Gasteiger partial charge < -0.3 is 29.4 Å². The highest BCUT2D eigenvalue weighted by Gasteiger charge is 2.34. The second-order valence-corrected chi connectivity index (χ2v) is 18.0. The number of rotatable bonds is 34. The number of hydrogen-bond donors (Lipinski definition) is 3. The van der Waals surface area contributed by atoms with E-state index >= 15 is 0 Å². The van der Waals surface area contributed by atoms with Gasteiger partial charge in [-0.15, -0.1) is 0 Å². The summed E-state index contributed by atoms with van der Waals surface area (Å²) in [5, 5.41) is 14.6. The molecule has 4 rings (SSSR count). The summed E-state index contributed by atoms with van der Waals surface area (Å²) in [4.78, 5) is 12.7. The van der Waals surface area contributed by atoms with E-state index < -0.39 is 26.0 Å². The monoisotopic (exact) mass is 821 g/mol. The molecule has 0 amide bonds. The van der Waals surface area contributed by atoms with Crippen LogP contribution in [0.4, 0.5) is 5.82 Å². The van der Waals surface area contributed by atoms with Gasteiger partial charge in [0, 0.05) is 6.61 Å². The summed E-state index contributed by atoms with van der Waals surface area (Å²) in [5.41, 5.74) is 8.05. The molecule has 0 radical (unpaired) electrons. The van der Waals surface area contributed by atoms with Gasteiger partial charge in [0.15, 0.2) is 17.8 Å². The lowest BCUT2D eigenvalue weighted by Crippen LogP contribution is -2.43. The molecule has 0 aliphatic heterocycles. The smallest absolute Gasteiger partial charge is 0.342 e. The van der Waals surface area contributed by atoms with Crippen LogP contribution in [0, 0.1) is 0 Å². The number of aliphatic hydroxyl groups is 1. The van der Waals surface area contributed by atoms with Crippen molar-refractivity contribution in [1.82, 2.24) is 24.6 Å². The fourth-order valence-electron chi connectivity index (χ4n) is 7.34. The van der Waals surface area contributed by atoms with E-state index in [1.807, 2.05) is 60.0 Å². The summed E-state index contributed by atoms with van der Waals surface area (Å²) in [6.45, 7) is 4.96. The predicted octanol–water partition coefficient (Wildman–Crippen LogP) is 11.4. The number of nitrogen functional groups attached to an aromatic ring is 1. The van der Waals surface area contributed by atoms with Gasteiger partial charge in [-0.2, -0.15) is 0 Å². The van der Waals surface area contributed by atoms with E-state index in [4.69, 9.17) is 19.7 Å². The quantitative estimate of drug-likeness (QED) is 0.0236. The van der Waals surface area contributed by atoms with Crippen molar-refractivity contribution in [2.24, 2.45) is 0 Å². The Kier molecular flexibility index (Phi) is 23.0. The van der Waals surface area contributed by atoms with Gasteiger partial charge in [0.05, 0.1) is 25.0 Å². The normalized spacial score (nSPS) is 14.3. The molecule has 58 heavy (non-hydrogen) atoms. The topological polar surface area (TPSA) is 147 Å². The summed E-state index contributed by atoms with van der Waals surface area (Å²) >= 11 is 0. The molecule has 2 heterocycles. The number of nitrogens with zero attached hydrogens (tertiary/aromatic N) is 4. The zero-order valence-electron chi connectivity index (χ0n) is 35.5. The number of imidazole rings is 1. The molecule has 322 valence electrons. The first-order chi connectivity index (χ1) is 28.4. The third-order valence-electron chi connectivity index (χ3n) is 10.7. The van der Waals surface area contributed by atoms with E-state index in [0.29, 0.717) is 42.3 Å². The summed E-state index contributed by atoms with van der Waals surface area (Å²) < 4.78 is 34.8. The van der Waals surface area contributed by atoms with Gasteiger partial charge in [-0.25, -0.2) is 20.0 Å². The Morgan fingerprint density at radius 2 is 1.26 bits per heavy atom. The lowest BCUT2D eigenvalue weighted by molar-refractivity contribution is -0.117. The summed E-state index contributed by atoms with van der Waals surface area (Å²) in [5.74, 6) is 0.735. The average Bonchev–Trinajstić information content (AvgIpc) is 3.64. The molecule has 4 N–H and O–H groups in total. The molecule has 0 fully saturated rings. The number of fused-ring (bicyclic) bond motifs is 1. The SMILES string of the molecule is CCCCCCCCCCCCCCCCCCCCCCOC(O)[C@@H](Cc1ccccc1)NP(=O)(COC(C)Cn1cnc2c(N)ncnc21)Oc1ccccc1. The first-order valence-electron chi connectivity index (χ1n) is 22.3. The van der Waals surface area contributed by atoms with Gasteiger partial charge in [-0.1, -0.05) is 177 Å². The second-order valence-electron chi connectivity index (χ2n) is 15.9. The van der Waals surface area contributed by atoms with Crippen LogP contribution in [0.25, 0.3) is 11.2 Å². The standard InChI is InChI=1S/C46H73N6O5P/c1-3-4-5-6-7-8-9-10-11-12-13-14-15-16-17-18-19-20-21-28-33-55-46(53)42(34-40-29-24-22-25-30-40)51-58(54,57-41-31-26-23-27-32-41)38-56-39(2)35-52-37-50-43-44(47)48-36-49-45(43)52/h22-27,29-32,36-37,39,42,46,53H,3-21,28,33-35,38H2,1-2H3,(H,51,54)(H2,47,48,49)/t39?,42-,46?,58?/m1/s1. The first kappa shape index (κ1) is 47.3. The summed E-state index contributed by atoms with van der Waals surface area (Å²) in [6, 6.07) is 18.1. The van der Waals surface area contributed by atoms with Crippen molar-refractivity contribution in [2.45, 2.75) is 174 Å². The minimum Gasteiger partial charge on any atom is -0.431 e. The van der Waals surface area contributed by atoms with Crippen LogP contribution in [0.5, 0.6) is 5.75 Å². The van der Waals surface area contributed by atoms with Crippen molar-refractivity contribution in [3.05, 3.63) is 78.9 Å². The lowest BCUT2D eigenvalue weighted by atomic mass is 10.0. The van der Waals surface area contributed by atoms with Crippen LogP contribution >= 0.6 is 7.52 Å². The van der Waals surface area contributed by atoms with E-state index in [1.54, 1.807) is 18.5 Å². The van der Waals surface area contributed by atoms with Gasteiger partial charge >= 0.3 is 7.52 Å². The minimum absolute atomic E-state index is 0.246. The maximum Gasteiger partial charge on any atom is 0.342 e. The molecule has 4 aromatic rings.